The summed E-state index contributed by atoms with van der Waals surface area (Å²) in [7, 11) is 3.16. The van der Waals surface area contributed by atoms with Crippen LogP contribution in [0.2, 0.25) is 5.02 Å². The molecule has 8 nitrogen and oxygen atoms in total. The predicted octanol–water partition coefficient (Wildman–Crippen LogP) is 6.09. The number of unbranched alkanes of at least 4 members (excludes halogenated alkanes) is 2. The quantitative estimate of drug-likeness (QED) is 0.360. The maximum atomic E-state index is 13.0. The van der Waals surface area contributed by atoms with Crippen LogP contribution < -0.4 is 14.8 Å². The maximum Gasteiger partial charge on any atom is 0.322 e. The average molecular weight is 497 g/mol. The third-order valence-corrected chi connectivity index (χ3v) is 6.34. The molecule has 1 aliphatic heterocycles. The van der Waals surface area contributed by atoms with Crippen molar-refractivity contribution in [3.63, 3.8) is 0 Å². The Bertz CT molecular complexity index is 1220. The minimum Gasteiger partial charge on any atom is -0.493 e. The smallest absolute Gasteiger partial charge is 0.322 e. The van der Waals surface area contributed by atoms with Gasteiger partial charge in [-0.3, -0.25) is 4.90 Å². The van der Waals surface area contributed by atoms with Crippen molar-refractivity contribution < 1.29 is 18.8 Å². The zero-order valence-corrected chi connectivity index (χ0v) is 21.1. The summed E-state index contributed by atoms with van der Waals surface area (Å²) in [5, 5.41) is 7.95. The highest BCUT2D eigenvalue weighted by Crippen LogP contribution is 2.38. The first kappa shape index (κ1) is 24.6. The summed E-state index contributed by atoms with van der Waals surface area (Å²) in [4.78, 5) is 19.5. The minimum absolute atomic E-state index is 0.151. The van der Waals surface area contributed by atoms with E-state index >= 15 is 0 Å². The van der Waals surface area contributed by atoms with E-state index in [9.17, 15) is 4.79 Å². The maximum absolute atomic E-state index is 13.0. The normalized spacial score (nSPS) is 15.9. The Morgan fingerprint density at radius 1 is 1.09 bits per heavy atom. The Morgan fingerprint density at radius 2 is 1.83 bits per heavy atom. The van der Waals surface area contributed by atoms with Crippen molar-refractivity contribution in [2.75, 3.05) is 20.8 Å². The molecule has 9 heteroatoms. The Morgan fingerprint density at radius 3 is 2.51 bits per heavy atom. The summed E-state index contributed by atoms with van der Waals surface area (Å²) < 4.78 is 16.5. The zero-order valence-electron chi connectivity index (χ0n) is 20.3. The number of benzene rings is 2. The highest BCUT2D eigenvalue weighted by molar-refractivity contribution is 6.30. The molecule has 1 aliphatic rings. The number of hydrogen-bond donors (Lipinski definition) is 1. The van der Waals surface area contributed by atoms with E-state index < -0.39 is 6.04 Å². The Balaban J connectivity index is 1.76. The molecule has 0 fully saturated rings. The van der Waals surface area contributed by atoms with Gasteiger partial charge < -0.3 is 19.3 Å². The molecule has 0 spiro atoms. The van der Waals surface area contributed by atoms with E-state index in [2.05, 4.69) is 17.4 Å². The number of nitrogens with one attached hydrogen (secondary N) is 1. The van der Waals surface area contributed by atoms with Gasteiger partial charge >= 0.3 is 6.03 Å². The van der Waals surface area contributed by atoms with Crippen molar-refractivity contribution in [1.82, 2.24) is 20.4 Å². The minimum atomic E-state index is -0.458. The number of halogens is 1. The second kappa shape index (κ2) is 10.8. The molecular formula is C26H29ClN4O4. The first-order valence-electron chi connectivity index (χ1n) is 11.6. The van der Waals surface area contributed by atoms with Gasteiger partial charge in [0.2, 0.25) is 5.82 Å². The third-order valence-electron chi connectivity index (χ3n) is 6.08. The van der Waals surface area contributed by atoms with Gasteiger partial charge in [-0.25, -0.2) is 4.79 Å². The highest BCUT2D eigenvalue weighted by atomic mass is 35.5. The van der Waals surface area contributed by atoms with E-state index in [1.807, 2.05) is 25.1 Å². The van der Waals surface area contributed by atoms with Gasteiger partial charge in [0, 0.05) is 22.8 Å². The largest absolute Gasteiger partial charge is 0.493 e. The van der Waals surface area contributed by atoms with Gasteiger partial charge in [-0.05, 0) is 49.2 Å². The number of urea groups is 1. The van der Waals surface area contributed by atoms with E-state index in [1.54, 1.807) is 43.4 Å². The molecule has 2 amide bonds. The highest BCUT2D eigenvalue weighted by Gasteiger charge is 2.35. The first-order chi connectivity index (χ1) is 17.0. The van der Waals surface area contributed by atoms with Gasteiger partial charge in [0.05, 0.1) is 25.8 Å². The first-order valence-corrected chi connectivity index (χ1v) is 11.9. The topological polar surface area (TPSA) is 89.7 Å². The standard InChI is InChI=1S/C26H29ClN4O4/c1-5-6-7-14-31-16(2)22(23(28-26(31)32)17-8-11-19(27)12-9-17)25-29-24(30-35-25)18-10-13-20(33-3)21(15-18)34-4/h8-13,15,23H,5-7,14H2,1-4H3,(H,28,32). The van der Waals surface area contributed by atoms with Crippen LogP contribution in [0.5, 0.6) is 11.5 Å². The number of nitrogens with zero attached hydrogens (tertiary/aromatic N) is 3. The second-order valence-electron chi connectivity index (χ2n) is 8.28. The van der Waals surface area contributed by atoms with E-state index in [1.165, 1.54) is 0 Å². The lowest BCUT2D eigenvalue weighted by Gasteiger charge is -2.35. The van der Waals surface area contributed by atoms with Crippen molar-refractivity contribution in [1.29, 1.82) is 0 Å². The van der Waals surface area contributed by atoms with Gasteiger partial charge in [-0.1, -0.05) is 48.7 Å². The average Bonchev–Trinajstić information content (AvgIpc) is 3.35. The number of rotatable bonds is 9. The monoisotopic (exact) mass is 496 g/mol. The van der Waals surface area contributed by atoms with Crippen LogP contribution in [0.4, 0.5) is 4.79 Å². The Labute approximate surface area is 209 Å². The molecule has 3 aromatic rings. The molecular weight excluding hydrogens is 468 g/mol. The van der Waals surface area contributed by atoms with E-state index in [-0.39, 0.29) is 6.03 Å². The lowest BCUT2D eigenvalue weighted by Crippen LogP contribution is -2.46. The van der Waals surface area contributed by atoms with Crippen LogP contribution in [0.25, 0.3) is 17.0 Å². The molecule has 35 heavy (non-hydrogen) atoms. The molecule has 0 radical (unpaired) electrons. The SMILES string of the molecule is CCCCCN1C(=O)NC(c2ccc(Cl)cc2)C(c2nc(-c3ccc(OC)c(OC)c3)no2)=C1C. The lowest BCUT2D eigenvalue weighted by molar-refractivity contribution is 0.204. The molecule has 1 atom stereocenters. The molecule has 1 unspecified atom stereocenters. The van der Waals surface area contributed by atoms with Crippen molar-refractivity contribution in [2.24, 2.45) is 0 Å². The Hall–Kier alpha value is -3.52. The summed E-state index contributed by atoms with van der Waals surface area (Å²) in [5.41, 5.74) is 3.13. The van der Waals surface area contributed by atoms with Crippen LogP contribution >= 0.6 is 11.6 Å². The molecule has 1 N–H and O–H groups in total. The van der Waals surface area contributed by atoms with Crippen molar-refractivity contribution in [2.45, 2.75) is 39.2 Å². The fraction of sp³-hybridized carbons (Fsp3) is 0.346. The summed E-state index contributed by atoms with van der Waals surface area (Å²) in [6.07, 6.45) is 3.01. The van der Waals surface area contributed by atoms with Crippen LogP contribution in [0, 0.1) is 0 Å². The molecule has 184 valence electrons. The summed E-state index contributed by atoms with van der Waals surface area (Å²) >= 11 is 6.11. The molecule has 0 aliphatic carbocycles. The number of hydrogen-bond acceptors (Lipinski definition) is 6. The molecule has 0 bridgehead atoms. The zero-order chi connectivity index (χ0) is 24.9. The van der Waals surface area contributed by atoms with E-state index in [0.29, 0.717) is 34.8 Å². The number of amides is 2. The van der Waals surface area contributed by atoms with Gasteiger partial charge in [0.1, 0.15) is 0 Å². The second-order valence-corrected chi connectivity index (χ2v) is 8.72. The Kier molecular flexibility index (Phi) is 7.60. The van der Waals surface area contributed by atoms with Gasteiger partial charge in [-0.2, -0.15) is 4.98 Å². The fourth-order valence-corrected chi connectivity index (χ4v) is 4.30. The summed E-state index contributed by atoms with van der Waals surface area (Å²) in [5.74, 6) is 1.93. The number of methoxy groups -OCH3 is 2. The summed E-state index contributed by atoms with van der Waals surface area (Å²) in [6, 6.07) is 12.2. The van der Waals surface area contributed by atoms with E-state index in [4.69, 9.17) is 30.6 Å². The number of ether oxygens (including phenoxy) is 2. The molecule has 2 heterocycles. The molecule has 2 aromatic carbocycles. The summed E-state index contributed by atoms with van der Waals surface area (Å²) in [6.45, 7) is 4.66. The molecule has 0 saturated heterocycles. The van der Waals surface area contributed by atoms with Crippen molar-refractivity contribution >= 4 is 23.2 Å². The van der Waals surface area contributed by atoms with Gasteiger partial charge in [0.25, 0.3) is 5.89 Å². The number of carbonyl (C=O) groups excluding carboxylic acids is 1. The number of carbonyl (C=O) groups is 1. The number of allylic oxidation sites excluding steroid dienone is 1. The van der Waals surface area contributed by atoms with Crippen molar-refractivity contribution in [3.8, 4) is 22.9 Å². The van der Waals surface area contributed by atoms with Crippen LogP contribution in [-0.2, 0) is 0 Å². The van der Waals surface area contributed by atoms with Crippen molar-refractivity contribution in [3.05, 3.63) is 64.6 Å². The van der Waals surface area contributed by atoms with Gasteiger partial charge in [-0.15, -0.1) is 0 Å². The predicted molar refractivity (Wildman–Crippen MR) is 134 cm³/mol. The van der Waals surface area contributed by atoms with Crippen LogP contribution in [0.15, 0.2) is 52.7 Å². The molecule has 1 aromatic heterocycles. The molecule has 4 rings (SSSR count). The lowest BCUT2D eigenvalue weighted by atomic mass is 9.94. The van der Waals surface area contributed by atoms with E-state index in [0.717, 1.165) is 41.7 Å². The third kappa shape index (κ3) is 5.12. The van der Waals surface area contributed by atoms with Crippen LogP contribution in [0.3, 0.4) is 0 Å². The van der Waals surface area contributed by atoms with Crippen LogP contribution in [0.1, 0.15) is 50.6 Å². The molecule has 0 saturated carbocycles. The fourth-order valence-electron chi connectivity index (χ4n) is 4.18. The van der Waals surface area contributed by atoms with Gasteiger partial charge in [0.15, 0.2) is 11.5 Å². The van der Waals surface area contributed by atoms with Crippen LogP contribution in [-0.4, -0.2) is 41.8 Å². The number of aromatic nitrogens is 2.